The molecule has 2 N–H and O–H groups in total. The summed E-state index contributed by atoms with van der Waals surface area (Å²) >= 11 is 2.75. The second-order valence-electron chi connectivity index (χ2n) is 6.41. The SMILES string of the molecule is C=Ic1ccc(COc2nc(NC)n(-c3cc(C(=O)O)ccc3C)c(=O)c2Br)c(F)c1. The fourth-order valence-electron chi connectivity index (χ4n) is 2.82. The van der Waals surface area contributed by atoms with Crippen molar-refractivity contribution < 1.29 is 19.0 Å². The highest BCUT2D eigenvalue weighted by atomic mass is 127. The lowest BCUT2D eigenvalue weighted by molar-refractivity contribution is 0.0697. The van der Waals surface area contributed by atoms with Crippen LogP contribution >= 0.6 is 36.7 Å². The van der Waals surface area contributed by atoms with Gasteiger partial charge in [0.2, 0.25) is 11.8 Å². The molecule has 0 bridgehead atoms. The van der Waals surface area contributed by atoms with Gasteiger partial charge in [0.25, 0.3) is 5.56 Å². The number of ether oxygens (including phenoxy) is 1. The van der Waals surface area contributed by atoms with Crippen molar-refractivity contribution in [2.75, 3.05) is 12.4 Å². The fraction of sp³-hybridized carbons (Fsp3) is 0.143. The summed E-state index contributed by atoms with van der Waals surface area (Å²) in [6.07, 6.45) is 0. The number of aromatic carboxylic acids is 1. The summed E-state index contributed by atoms with van der Waals surface area (Å²) in [5.74, 6) is -1.38. The van der Waals surface area contributed by atoms with Crippen molar-refractivity contribution in [1.29, 1.82) is 0 Å². The summed E-state index contributed by atoms with van der Waals surface area (Å²) in [7, 11) is 1.58. The predicted octanol–water partition coefficient (Wildman–Crippen LogP) is 4.33. The van der Waals surface area contributed by atoms with Crippen molar-refractivity contribution in [3.05, 3.63) is 77.3 Å². The highest BCUT2D eigenvalue weighted by molar-refractivity contribution is 14.2. The average Bonchev–Trinajstić information content (AvgIpc) is 2.75. The molecule has 3 aromatic rings. The third-order valence-electron chi connectivity index (χ3n) is 4.45. The van der Waals surface area contributed by atoms with E-state index >= 15 is 0 Å². The Balaban J connectivity index is 2.03. The summed E-state index contributed by atoms with van der Waals surface area (Å²) in [4.78, 5) is 28.8. The number of aromatic nitrogens is 2. The van der Waals surface area contributed by atoms with Crippen LogP contribution in [0.15, 0.2) is 45.7 Å². The molecule has 10 heteroatoms. The molecule has 0 saturated carbocycles. The molecule has 31 heavy (non-hydrogen) atoms. The van der Waals surface area contributed by atoms with E-state index in [1.54, 1.807) is 32.2 Å². The Morgan fingerprint density at radius 3 is 2.71 bits per heavy atom. The normalized spacial score (nSPS) is 10.7. The Bertz CT molecular complexity index is 1250. The Kier molecular flexibility index (Phi) is 7.21. The standard InChI is InChI=1S/C21H18BrFIN3O4/c1-11-4-5-12(20(29)30)8-16(11)27-19(28)17(22)18(26-21(27)25-3)31-10-13-6-7-14(24-2)9-15(13)23/h4-9H,2,10H2,1,3H3,(H,25,26)(H,29,30). The number of carboxylic acid groups (broad SMARTS) is 1. The Morgan fingerprint density at radius 2 is 2.10 bits per heavy atom. The molecule has 0 atom stereocenters. The van der Waals surface area contributed by atoms with Crippen LogP contribution in [0.2, 0.25) is 0 Å². The minimum Gasteiger partial charge on any atom is -0.478 e. The molecule has 7 nitrogen and oxygen atoms in total. The molecule has 0 aliphatic rings. The van der Waals surface area contributed by atoms with Gasteiger partial charge in [-0.2, -0.15) is 4.98 Å². The van der Waals surface area contributed by atoms with Gasteiger partial charge in [0.1, 0.15) is 16.9 Å². The maximum absolute atomic E-state index is 14.2. The second-order valence-corrected chi connectivity index (χ2v) is 9.21. The molecule has 0 aliphatic carbocycles. The zero-order valence-electron chi connectivity index (χ0n) is 16.6. The van der Waals surface area contributed by atoms with E-state index in [0.29, 0.717) is 16.8 Å². The number of halogens is 3. The Labute approximate surface area is 195 Å². The number of carboxylic acids is 1. The molecular formula is C21H18BrFIN3O4. The topological polar surface area (TPSA) is 93.4 Å². The summed E-state index contributed by atoms with van der Waals surface area (Å²) in [6, 6.07) is 9.35. The number of rotatable bonds is 7. The minimum atomic E-state index is -1.11. The summed E-state index contributed by atoms with van der Waals surface area (Å²) in [6.45, 7) is 1.64. The third kappa shape index (κ3) is 4.85. The lowest BCUT2D eigenvalue weighted by Crippen LogP contribution is -2.25. The first-order valence-electron chi connectivity index (χ1n) is 8.91. The minimum absolute atomic E-state index is 0.00861. The second kappa shape index (κ2) is 9.69. The van der Waals surface area contributed by atoms with Crippen molar-refractivity contribution in [3.63, 3.8) is 0 Å². The van der Waals surface area contributed by atoms with Crippen LogP contribution in [0.4, 0.5) is 10.3 Å². The van der Waals surface area contributed by atoms with Gasteiger partial charge in [-0.05, 0) is 52.7 Å². The molecule has 0 spiro atoms. The summed E-state index contributed by atoms with van der Waals surface area (Å²) < 4.78 is 25.9. The molecule has 3 rings (SSSR count). The molecule has 162 valence electrons. The van der Waals surface area contributed by atoms with Crippen molar-refractivity contribution in [3.8, 4) is 11.6 Å². The first-order valence-corrected chi connectivity index (χ1v) is 12.3. The van der Waals surface area contributed by atoms with E-state index < -0.39 is 38.1 Å². The first-order chi connectivity index (χ1) is 14.8. The monoisotopic (exact) mass is 601 g/mol. The molecule has 1 heterocycles. The largest absolute Gasteiger partial charge is 0.478 e. The molecule has 0 saturated heterocycles. The van der Waals surface area contributed by atoms with Crippen LogP contribution in [-0.4, -0.2) is 32.2 Å². The number of hydrogen-bond acceptors (Lipinski definition) is 5. The Hall–Kier alpha value is -2.60. The van der Waals surface area contributed by atoms with Gasteiger partial charge in [-0.15, -0.1) is 0 Å². The van der Waals surface area contributed by atoms with Gasteiger partial charge in [-0.3, -0.25) is 4.79 Å². The van der Waals surface area contributed by atoms with Crippen LogP contribution in [0, 0.1) is 16.3 Å². The van der Waals surface area contributed by atoms with Crippen LogP contribution in [0.25, 0.3) is 5.69 Å². The van der Waals surface area contributed by atoms with E-state index in [0.717, 1.165) is 3.57 Å². The van der Waals surface area contributed by atoms with E-state index in [4.69, 9.17) is 4.74 Å². The highest BCUT2D eigenvalue weighted by Gasteiger charge is 2.19. The summed E-state index contributed by atoms with van der Waals surface area (Å²) in [5, 5.41) is 12.1. The number of benzene rings is 2. The van der Waals surface area contributed by atoms with E-state index in [-0.39, 0.29) is 28.5 Å². The van der Waals surface area contributed by atoms with Crippen molar-refractivity contribution in [1.82, 2.24) is 9.55 Å². The van der Waals surface area contributed by atoms with Crippen LogP contribution in [-0.2, 0) is 6.61 Å². The van der Waals surface area contributed by atoms with Gasteiger partial charge in [0.05, 0.1) is 11.3 Å². The lowest BCUT2D eigenvalue weighted by atomic mass is 10.1. The lowest BCUT2D eigenvalue weighted by Gasteiger charge is -2.17. The molecule has 0 unspecified atom stereocenters. The van der Waals surface area contributed by atoms with Gasteiger partial charge in [0.15, 0.2) is 0 Å². The first kappa shape index (κ1) is 23.1. The molecule has 0 aliphatic heterocycles. The third-order valence-corrected chi connectivity index (χ3v) is 6.68. The quantitative estimate of drug-likeness (QED) is 0.392. The smallest absolute Gasteiger partial charge is 0.335 e. The zero-order valence-corrected chi connectivity index (χ0v) is 20.3. The number of anilines is 1. The number of hydrogen-bond donors (Lipinski definition) is 2. The van der Waals surface area contributed by atoms with Crippen molar-refractivity contribution >= 4 is 53.1 Å². The van der Waals surface area contributed by atoms with Gasteiger partial charge < -0.3 is 15.2 Å². The Morgan fingerprint density at radius 1 is 1.35 bits per heavy atom. The zero-order chi connectivity index (χ0) is 22.7. The van der Waals surface area contributed by atoms with E-state index in [1.807, 2.05) is 0 Å². The van der Waals surface area contributed by atoms with Crippen molar-refractivity contribution in [2.24, 2.45) is 0 Å². The van der Waals surface area contributed by atoms with E-state index in [9.17, 15) is 19.1 Å². The highest BCUT2D eigenvalue weighted by Crippen LogP contribution is 2.26. The van der Waals surface area contributed by atoms with Gasteiger partial charge in [-0.1, -0.05) is 37.4 Å². The van der Waals surface area contributed by atoms with Gasteiger partial charge in [-0.25, -0.2) is 13.8 Å². The molecule has 0 radical (unpaired) electrons. The number of nitrogens with one attached hydrogen (secondary N) is 1. The maximum atomic E-state index is 14.2. The molecule has 2 aromatic carbocycles. The molecule has 0 amide bonds. The maximum Gasteiger partial charge on any atom is 0.335 e. The number of carbonyl (C=O) groups is 1. The predicted molar refractivity (Wildman–Crippen MR) is 129 cm³/mol. The van der Waals surface area contributed by atoms with Crippen LogP contribution < -0.4 is 15.6 Å². The molecule has 1 aromatic heterocycles. The van der Waals surface area contributed by atoms with E-state index in [2.05, 4.69) is 30.7 Å². The summed E-state index contributed by atoms with van der Waals surface area (Å²) in [5.41, 5.74) is 0.913. The molecule has 0 fully saturated rings. The van der Waals surface area contributed by atoms with Crippen LogP contribution in [0.1, 0.15) is 21.5 Å². The number of aryl methyl sites for hydroxylation is 1. The van der Waals surface area contributed by atoms with E-state index in [1.165, 1.54) is 22.8 Å². The van der Waals surface area contributed by atoms with Crippen molar-refractivity contribution in [2.45, 2.75) is 13.5 Å². The van der Waals surface area contributed by atoms with Crippen LogP contribution in [0.3, 0.4) is 0 Å². The average molecular weight is 602 g/mol. The van der Waals surface area contributed by atoms with Gasteiger partial charge in [0, 0.05) is 16.2 Å². The van der Waals surface area contributed by atoms with Gasteiger partial charge >= 0.3 is 5.97 Å². The fourth-order valence-corrected chi connectivity index (χ4v) is 4.13. The van der Waals surface area contributed by atoms with Crippen LogP contribution in [0.5, 0.6) is 5.88 Å². The number of nitrogens with zero attached hydrogens (tertiary/aromatic N) is 2. The molecular weight excluding hydrogens is 584 g/mol.